The van der Waals surface area contributed by atoms with Gasteiger partial charge in [-0.25, -0.2) is 19.9 Å². The molecule has 1 saturated carbocycles. The zero-order valence-electron chi connectivity index (χ0n) is 19.6. The van der Waals surface area contributed by atoms with Crippen molar-refractivity contribution in [3.8, 4) is 34.6 Å². The molecular formula is C24H26N6O4S. The van der Waals surface area contributed by atoms with Crippen molar-refractivity contribution >= 4 is 29.1 Å². The lowest BCUT2D eigenvalue weighted by Gasteiger charge is -2.30. The Balaban J connectivity index is 1.67. The average molecular weight is 495 g/mol. The van der Waals surface area contributed by atoms with Crippen LogP contribution in [0.5, 0.6) is 17.4 Å². The number of imidazole rings is 1. The number of para-hydroxylation sites is 1. The van der Waals surface area contributed by atoms with E-state index in [-0.39, 0.29) is 6.10 Å². The van der Waals surface area contributed by atoms with Crippen LogP contribution in [0.4, 0.5) is 5.82 Å². The minimum atomic E-state index is -0.218. The summed E-state index contributed by atoms with van der Waals surface area (Å²) in [4.78, 5) is 18.8. The predicted octanol–water partition coefficient (Wildman–Crippen LogP) is 3.88. The normalized spacial score (nSPS) is 17.1. The summed E-state index contributed by atoms with van der Waals surface area (Å²) < 4.78 is 22.1. The van der Waals surface area contributed by atoms with Crippen LogP contribution in [0.15, 0.2) is 42.6 Å². The largest absolute Gasteiger partial charge is 0.494 e. The van der Waals surface area contributed by atoms with E-state index in [0.717, 1.165) is 12.8 Å². The van der Waals surface area contributed by atoms with E-state index in [1.807, 2.05) is 41.8 Å². The van der Waals surface area contributed by atoms with Crippen LogP contribution in [-0.4, -0.2) is 61.8 Å². The van der Waals surface area contributed by atoms with Crippen LogP contribution in [0.2, 0.25) is 0 Å². The van der Waals surface area contributed by atoms with Gasteiger partial charge in [-0.15, -0.1) is 0 Å². The Morgan fingerprint density at radius 3 is 2.49 bits per heavy atom. The summed E-state index contributed by atoms with van der Waals surface area (Å²) in [6.45, 7) is 2.41. The highest BCUT2D eigenvalue weighted by atomic mass is 32.2. The van der Waals surface area contributed by atoms with Crippen LogP contribution in [0.3, 0.4) is 0 Å². The Labute approximate surface area is 206 Å². The summed E-state index contributed by atoms with van der Waals surface area (Å²) in [6, 6.07) is 11.1. The van der Waals surface area contributed by atoms with Crippen molar-refractivity contribution in [2.75, 3.05) is 25.5 Å². The summed E-state index contributed by atoms with van der Waals surface area (Å²) in [6.07, 6.45) is 2.95. The molecule has 182 valence electrons. The molecule has 3 aromatic heterocycles. The van der Waals surface area contributed by atoms with Crippen LogP contribution < -0.4 is 18.9 Å². The molecule has 0 unspecified atom stereocenters. The maximum Gasteiger partial charge on any atom is 0.213 e. The van der Waals surface area contributed by atoms with Gasteiger partial charge in [-0.2, -0.15) is 0 Å². The first-order valence-corrected chi connectivity index (χ1v) is 12.2. The first kappa shape index (κ1) is 23.2. The number of nitrogens with zero attached hydrogens (tertiary/aromatic N) is 5. The third-order valence-corrected chi connectivity index (χ3v) is 6.69. The molecule has 35 heavy (non-hydrogen) atoms. The molecule has 0 spiro atoms. The lowest BCUT2D eigenvalue weighted by atomic mass is 9.96. The maximum absolute atomic E-state index is 9.56. The second-order valence-corrected chi connectivity index (χ2v) is 9.05. The Hall–Kier alpha value is -3.57. The first-order chi connectivity index (χ1) is 17.1. The maximum atomic E-state index is 9.56. The fourth-order valence-electron chi connectivity index (χ4n) is 3.88. The van der Waals surface area contributed by atoms with E-state index in [0.29, 0.717) is 63.6 Å². The molecule has 5 rings (SSSR count). The number of benzene rings is 1. The standard InChI is InChI=1S/C24H26N6O4S/c1-4-34-20-10-5-7-16(26-20)23-28-22-24(27-19(13-25-22)29-35-15-11-14(31)12-15)30(23)21-17(32-2)8-6-9-18(21)33-3/h5-10,13-15,31H,4,11-12H2,1-3H3,(H,27,29). The Kier molecular flexibility index (Phi) is 6.60. The first-order valence-electron chi connectivity index (χ1n) is 11.3. The van der Waals surface area contributed by atoms with E-state index in [1.54, 1.807) is 26.5 Å². The predicted molar refractivity (Wildman–Crippen MR) is 134 cm³/mol. The van der Waals surface area contributed by atoms with Crippen LogP contribution in [0, 0.1) is 0 Å². The van der Waals surface area contributed by atoms with Gasteiger partial charge in [0.15, 0.2) is 22.9 Å². The topological polar surface area (TPSA) is 116 Å². The number of fused-ring (bicyclic) bond motifs is 1. The number of aromatic nitrogens is 5. The van der Waals surface area contributed by atoms with Gasteiger partial charge in [-0.05, 0) is 49.9 Å². The molecule has 0 aliphatic heterocycles. The van der Waals surface area contributed by atoms with E-state index >= 15 is 0 Å². The van der Waals surface area contributed by atoms with E-state index in [1.165, 1.54) is 11.9 Å². The van der Waals surface area contributed by atoms with Crippen molar-refractivity contribution in [3.63, 3.8) is 0 Å². The number of aliphatic hydroxyl groups is 1. The summed E-state index contributed by atoms with van der Waals surface area (Å²) in [5, 5.41) is 9.90. The van der Waals surface area contributed by atoms with E-state index < -0.39 is 0 Å². The molecule has 4 aromatic rings. The number of nitrogens with one attached hydrogen (secondary N) is 1. The van der Waals surface area contributed by atoms with Gasteiger partial charge in [0.05, 0.1) is 33.1 Å². The van der Waals surface area contributed by atoms with Gasteiger partial charge < -0.3 is 24.0 Å². The number of ether oxygens (including phenoxy) is 3. The lowest BCUT2D eigenvalue weighted by Crippen LogP contribution is -2.31. The number of aliphatic hydroxyl groups excluding tert-OH is 1. The van der Waals surface area contributed by atoms with Crippen molar-refractivity contribution in [2.24, 2.45) is 0 Å². The summed E-state index contributed by atoms with van der Waals surface area (Å²) in [5.41, 5.74) is 2.20. The molecule has 1 fully saturated rings. The van der Waals surface area contributed by atoms with Crippen molar-refractivity contribution in [1.29, 1.82) is 0 Å². The second kappa shape index (κ2) is 9.96. The molecule has 0 amide bonds. The molecule has 11 heteroatoms. The van der Waals surface area contributed by atoms with Gasteiger partial charge in [0.25, 0.3) is 0 Å². The fourth-order valence-corrected chi connectivity index (χ4v) is 4.91. The van der Waals surface area contributed by atoms with Crippen molar-refractivity contribution in [2.45, 2.75) is 31.1 Å². The average Bonchev–Trinajstić information content (AvgIpc) is 3.24. The van der Waals surface area contributed by atoms with Crippen molar-refractivity contribution in [1.82, 2.24) is 24.5 Å². The molecule has 0 atom stereocenters. The van der Waals surface area contributed by atoms with Crippen molar-refractivity contribution < 1.29 is 19.3 Å². The highest BCUT2D eigenvalue weighted by Gasteiger charge is 2.28. The van der Waals surface area contributed by atoms with Gasteiger partial charge in [0.1, 0.15) is 22.9 Å². The van der Waals surface area contributed by atoms with E-state index in [4.69, 9.17) is 24.2 Å². The number of rotatable bonds is 9. The second-order valence-electron chi connectivity index (χ2n) is 7.95. The third-order valence-electron chi connectivity index (χ3n) is 5.64. The molecule has 1 aromatic carbocycles. The molecule has 2 N–H and O–H groups in total. The minimum absolute atomic E-state index is 0.218. The smallest absolute Gasteiger partial charge is 0.213 e. The Morgan fingerprint density at radius 1 is 1.06 bits per heavy atom. The SMILES string of the molecule is CCOc1cccc(-c2nc3ncc(NSC4CC(O)C4)nc3n2-c2c(OC)cccc2OC)n1. The lowest BCUT2D eigenvalue weighted by molar-refractivity contribution is 0.101. The van der Waals surface area contributed by atoms with Gasteiger partial charge >= 0.3 is 0 Å². The number of hydrogen-bond donors (Lipinski definition) is 2. The monoisotopic (exact) mass is 494 g/mol. The fraction of sp³-hybridized carbons (Fsp3) is 0.333. The van der Waals surface area contributed by atoms with Gasteiger partial charge in [-0.1, -0.05) is 12.1 Å². The van der Waals surface area contributed by atoms with Crippen LogP contribution in [0.25, 0.3) is 28.5 Å². The summed E-state index contributed by atoms with van der Waals surface area (Å²) in [5.74, 6) is 2.78. The molecular weight excluding hydrogens is 468 g/mol. The van der Waals surface area contributed by atoms with Crippen LogP contribution in [0.1, 0.15) is 19.8 Å². The van der Waals surface area contributed by atoms with E-state index in [9.17, 15) is 5.11 Å². The zero-order valence-corrected chi connectivity index (χ0v) is 20.5. The Bertz CT molecular complexity index is 1320. The summed E-state index contributed by atoms with van der Waals surface area (Å²) >= 11 is 1.54. The number of hydrogen-bond acceptors (Lipinski definition) is 10. The van der Waals surface area contributed by atoms with Crippen LogP contribution in [-0.2, 0) is 0 Å². The minimum Gasteiger partial charge on any atom is -0.494 e. The Morgan fingerprint density at radius 2 is 1.80 bits per heavy atom. The zero-order chi connectivity index (χ0) is 24.4. The molecule has 1 aliphatic carbocycles. The van der Waals surface area contributed by atoms with E-state index in [2.05, 4.69) is 14.7 Å². The third kappa shape index (κ3) is 4.56. The molecule has 0 bridgehead atoms. The van der Waals surface area contributed by atoms with Gasteiger partial charge in [0, 0.05) is 11.3 Å². The number of anilines is 1. The highest BCUT2D eigenvalue weighted by Crippen LogP contribution is 2.38. The van der Waals surface area contributed by atoms with Crippen LogP contribution >= 0.6 is 11.9 Å². The van der Waals surface area contributed by atoms with Crippen molar-refractivity contribution in [3.05, 3.63) is 42.6 Å². The summed E-state index contributed by atoms with van der Waals surface area (Å²) in [7, 11) is 3.21. The molecule has 0 saturated heterocycles. The number of methoxy groups -OCH3 is 2. The van der Waals surface area contributed by atoms with Gasteiger partial charge in [0.2, 0.25) is 5.88 Å². The highest BCUT2D eigenvalue weighted by molar-refractivity contribution is 8.01. The van der Waals surface area contributed by atoms with Gasteiger partial charge in [-0.3, -0.25) is 4.57 Å². The quantitative estimate of drug-likeness (QED) is 0.332. The molecule has 0 radical (unpaired) electrons. The molecule has 10 nitrogen and oxygen atoms in total. The molecule has 3 heterocycles. The molecule has 1 aliphatic rings. The number of pyridine rings is 1.